The average Bonchev–Trinajstić information content (AvgIpc) is 2.34. The number of rotatable bonds is 4. The Morgan fingerprint density at radius 1 is 1.39 bits per heavy atom. The quantitative estimate of drug-likeness (QED) is 0.840. The van der Waals surface area contributed by atoms with E-state index in [1.54, 1.807) is 0 Å². The summed E-state index contributed by atoms with van der Waals surface area (Å²) in [7, 11) is 0. The Hall–Kier alpha value is -0.580. The van der Waals surface area contributed by atoms with Gasteiger partial charge in [-0.1, -0.05) is 22.9 Å². The van der Waals surface area contributed by atoms with Crippen LogP contribution in [0.3, 0.4) is 0 Å². The molecule has 1 heterocycles. The van der Waals surface area contributed by atoms with E-state index >= 15 is 0 Å². The summed E-state index contributed by atoms with van der Waals surface area (Å²) >= 11 is 3.55. The largest absolute Gasteiger partial charge is 0.399 e. The molecule has 18 heavy (non-hydrogen) atoms. The highest BCUT2D eigenvalue weighted by Crippen LogP contribution is 2.29. The molecule has 4 heteroatoms. The lowest BCUT2D eigenvalue weighted by Crippen LogP contribution is -2.36. The molecule has 0 bridgehead atoms. The van der Waals surface area contributed by atoms with Gasteiger partial charge in [-0.25, -0.2) is 0 Å². The van der Waals surface area contributed by atoms with Gasteiger partial charge in [0.05, 0.1) is 0 Å². The zero-order valence-corrected chi connectivity index (χ0v) is 12.4. The molecule has 0 aromatic heterocycles. The molecular weight excluding hydrogens is 292 g/mol. The van der Waals surface area contributed by atoms with Crippen molar-refractivity contribution in [3.8, 4) is 0 Å². The van der Waals surface area contributed by atoms with E-state index in [1.807, 2.05) is 18.2 Å². The fourth-order valence-corrected chi connectivity index (χ4v) is 2.66. The van der Waals surface area contributed by atoms with Gasteiger partial charge in [-0.15, -0.1) is 0 Å². The van der Waals surface area contributed by atoms with Crippen LogP contribution in [0.15, 0.2) is 22.7 Å². The number of anilines is 1. The number of hydrogen-bond acceptors (Lipinski definition) is 3. The fraction of sp³-hybridized carbons (Fsp3) is 0.571. The molecule has 1 aliphatic rings. The van der Waals surface area contributed by atoms with Crippen LogP contribution in [0.5, 0.6) is 0 Å². The number of benzene rings is 1. The van der Waals surface area contributed by atoms with Gasteiger partial charge < -0.3 is 15.8 Å². The van der Waals surface area contributed by atoms with Gasteiger partial charge in [-0.05, 0) is 42.0 Å². The minimum Gasteiger partial charge on any atom is -0.399 e. The Labute approximate surface area is 117 Å². The van der Waals surface area contributed by atoms with Crippen LogP contribution in [0.2, 0.25) is 0 Å². The predicted octanol–water partition coefficient (Wildman–Crippen LogP) is 2.94. The summed E-state index contributed by atoms with van der Waals surface area (Å²) in [5, 5.41) is 3.54. The first kappa shape index (κ1) is 13.8. The van der Waals surface area contributed by atoms with Gasteiger partial charge in [0.1, 0.15) is 0 Å². The molecule has 3 N–H and O–H groups in total. The van der Waals surface area contributed by atoms with Crippen LogP contribution >= 0.6 is 15.9 Å². The summed E-state index contributed by atoms with van der Waals surface area (Å²) in [6.45, 7) is 5.98. The minimum atomic E-state index is 0.366. The van der Waals surface area contributed by atoms with Crippen LogP contribution in [0, 0.1) is 5.41 Å². The number of nitrogen functional groups attached to an aromatic ring is 1. The van der Waals surface area contributed by atoms with Gasteiger partial charge in [0.2, 0.25) is 0 Å². The molecule has 2 rings (SSSR count). The third kappa shape index (κ3) is 3.70. The minimum absolute atomic E-state index is 0.366. The van der Waals surface area contributed by atoms with Gasteiger partial charge in [0, 0.05) is 36.5 Å². The number of halogens is 1. The summed E-state index contributed by atoms with van der Waals surface area (Å²) in [4.78, 5) is 0. The first-order valence-corrected chi connectivity index (χ1v) is 7.21. The molecule has 1 fully saturated rings. The number of ether oxygens (including phenoxy) is 1. The van der Waals surface area contributed by atoms with Crippen molar-refractivity contribution in [3.05, 3.63) is 28.2 Å². The van der Waals surface area contributed by atoms with Crippen molar-refractivity contribution in [2.45, 2.75) is 26.3 Å². The lowest BCUT2D eigenvalue weighted by atomic mass is 9.82. The van der Waals surface area contributed by atoms with Crippen LogP contribution < -0.4 is 11.1 Å². The number of nitrogens with two attached hydrogens (primary N) is 1. The van der Waals surface area contributed by atoms with E-state index in [9.17, 15) is 0 Å². The van der Waals surface area contributed by atoms with Gasteiger partial charge >= 0.3 is 0 Å². The monoisotopic (exact) mass is 312 g/mol. The molecule has 1 aliphatic heterocycles. The predicted molar refractivity (Wildman–Crippen MR) is 78.4 cm³/mol. The molecule has 0 amide bonds. The molecule has 0 saturated carbocycles. The Balaban J connectivity index is 1.86. The Bertz CT molecular complexity index is 403. The summed E-state index contributed by atoms with van der Waals surface area (Å²) in [5.41, 5.74) is 8.19. The first-order chi connectivity index (χ1) is 8.59. The maximum atomic E-state index is 5.80. The molecule has 1 aromatic carbocycles. The van der Waals surface area contributed by atoms with E-state index in [2.05, 4.69) is 28.2 Å². The normalized spacial score (nSPS) is 18.8. The van der Waals surface area contributed by atoms with Crippen molar-refractivity contribution in [1.29, 1.82) is 0 Å². The van der Waals surface area contributed by atoms with Gasteiger partial charge in [0.25, 0.3) is 0 Å². The molecule has 0 aliphatic carbocycles. The molecule has 0 unspecified atom stereocenters. The van der Waals surface area contributed by atoms with Crippen LogP contribution in [0.4, 0.5) is 5.69 Å². The van der Waals surface area contributed by atoms with Crippen molar-refractivity contribution in [3.63, 3.8) is 0 Å². The lowest BCUT2D eigenvalue weighted by Gasteiger charge is -2.33. The Kier molecular flexibility index (Phi) is 4.65. The van der Waals surface area contributed by atoms with Crippen LogP contribution in [0.25, 0.3) is 0 Å². The van der Waals surface area contributed by atoms with E-state index in [0.29, 0.717) is 5.41 Å². The van der Waals surface area contributed by atoms with E-state index in [-0.39, 0.29) is 0 Å². The Morgan fingerprint density at radius 2 is 2.11 bits per heavy atom. The molecule has 1 aromatic rings. The summed E-state index contributed by atoms with van der Waals surface area (Å²) in [5.74, 6) is 0. The summed E-state index contributed by atoms with van der Waals surface area (Å²) < 4.78 is 6.52. The lowest BCUT2D eigenvalue weighted by molar-refractivity contribution is 0.0240. The molecular formula is C14H21BrN2O. The first-order valence-electron chi connectivity index (χ1n) is 6.41. The third-order valence-corrected chi connectivity index (χ3v) is 4.41. The molecule has 3 nitrogen and oxygen atoms in total. The molecule has 1 saturated heterocycles. The number of nitrogens with one attached hydrogen (secondary N) is 1. The Morgan fingerprint density at radius 3 is 2.83 bits per heavy atom. The summed E-state index contributed by atoms with van der Waals surface area (Å²) in [6.07, 6.45) is 2.27. The van der Waals surface area contributed by atoms with E-state index in [1.165, 1.54) is 5.56 Å². The molecule has 100 valence electrons. The topological polar surface area (TPSA) is 47.3 Å². The second-order valence-corrected chi connectivity index (χ2v) is 6.23. The van der Waals surface area contributed by atoms with E-state index < -0.39 is 0 Å². The fourth-order valence-electron chi connectivity index (χ4n) is 2.27. The summed E-state index contributed by atoms with van der Waals surface area (Å²) in [6, 6.07) is 5.93. The van der Waals surface area contributed by atoms with Crippen molar-refractivity contribution in [2.75, 3.05) is 25.5 Å². The highest BCUT2D eigenvalue weighted by atomic mass is 79.9. The average molecular weight is 313 g/mol. The smallest absolute Gasteiger partial charge is 0.0471 e. The second kappa shape index (κ2) is 6.04. The molecule has 0 radical (unpaired) electrons. The van der Waals surface area contributed by atoms with Gasteiger partial charge in [-0.2, -0.15) is 0 Å². The maximum Gasteiger partial charge on any atom is 0.0471 e. The standard InChI is InChI=1S/C14H21BrN2O/c1-14(4-6-18-7-5-14)10-17-9-11-8-12(16)2-3-13(11)15/h2-3,8,17H,4-7,9-10,16H2,1H3. The number of hydrogen-bond donors (Lipinski definition) is 2. The van der Waals surface area contributed by atoms with Crippen molar-refractivity contribution < 1.29 is 4.74 Å². The maximum absolute atomic E-state index is 5.80. The molecule has 0 atom stereocenters. The molecule has 0 spiro atoms. The van der Waals surface area contributed by atoms with Crippen molar-refractivity contribution >= 4 is 21.6 Å². The second-order valence-electron chi connectivity index (χ2n) is 5.38. The third-order valence-electron chi connectivity index (χ3n) is 3.64. The highest BCUT2D eigenvalue weighted by Gasteiger charge is 2.26. The van der Waals surface area contributed by atoms with Crippen molar-refractivity contribution in [1.82, 2.24) is 5.32 Å². The SMILES string of the molecule is CC1(CNCc2cc(N)ccc2Br)CCOCC1. The van der Waals surface area contributed by atoms with Crippen molar-refractivity contribution in [2.24, 2.45) is 5.41 Å². The van der Waals surface area contributed by atoms with Crippen LogP contribution in [-0.2, 0) is 11.3 Å². The van der Waals surface area contributed by atoms with Gasteiger partial charge in [-0.3, -0.25) is 0 Å². The zero-order valence-electron chi connectivity index (χ0n) is 10.8. The highest BCUT2D eigenvalue weighted by molar-refractivity contribution is 9.10. The van der Waals surface area contributed by atoms with Crippen LogP contribution in [-0.4, -0.2) is 19.8 Å². The zero-order chi connectivity index (χ0) is 13.0. The van der Waals surface area contributed by atoms with E-state index in [0.717, 1.165) is 49.3 Å². The van der Waals surface area contributed by atoms with Gasteiger partial charge in [0.15, 0.2) is 0 Å². The van der Waals surface area contributed by atoms with E-state index in [4.69, 9.17) is 10.5 Å². The van der Waals surface area contributed by atoms with Crippen LogP contribution in [0.1, 0.15) is 25.3 Å².